The van der Waals surface area contributed by atoms with Gasteiger partial charge in [0, 0.05) is 19.8 Å². The molecule has 0 aliphatic rings. The first kappa shape index (κ1) is 20.6. The lowest BCUT2D eigenvalue weighted by Gasteiger charge is -2.13. The largest absolute Gasteiger partial charge is 0.497 e. The highest BCUT2D eigenvalue weighted by atomic mass is 32.2. The number of ether oxygens (including phenoxy) is 1. The average Bonchev–Trinajstić information content (AvgIpc) is 3.21. The summed E-state index contributed by atoms with van der Waals surface area (Å²) in [6.07, 6.45) is 3.40. The molecule has 0 unspecified atom stereocenters. The minimum atomic E-state index is -3.86. The first-order chi connectivity index (χ1) is 14.9. The Kier molecular flexibility index (Phi) is 5.72. The fraction of sp³-hybridized carbons (Fsp3) is 0.190. The van der Waals surface area contributed by atoms with E-state index in [4.69, 9.17) is 4.74 Å². The van der Waals surface area contributed by atoms with Crippen molar-refractivity contribution in [2.45, 2.75) is 11.3 Å². The summed E-state index contributed by atoms with van der Waals surface area (Å²) in [5.41, 5.74) is 2.33. The molecule has 0 radical (unpaired) electrons. The van der Waals surface area contributed by atoms with Gasteiger partial charge >= 0.3 is 0 Å². The van der Waals surface area contributed by atoms with Crippen LogP contribution in [0.3, 0.4) is 0 Å². The zero-order valence-corrected chi connectivity index (χ0v) is 17.9. The summed E-state index contributed by atoms with van der Waals surface area (Å²) >= 11 is 0. The zero-order chi connectivity index (χ0) is 21.8. The normalized spacial score (nSPS) is 11.4. The van der Waals surface area contributed by atoms with Crippen molar-refractivity contribution >= 4 is 32.7 Å². The first-order valence-electron chi connectivity index (χ1n) is 9.60. The third kappa shape index (κ3) is 4.75. The quantitative estimate of drug-likeness (QED) is 0.435. The number of aryl methyl sites for hydroxylation is 1. The second-order valence-corrected chi connectivity index (χ2v) is 8.58. The molecule has 0 fully saturated rings. The number of rotatable bonds is 8. The Morgan fingerprint density at radius 3 is 2.45 bits per heavy atom. The van der Waals surface area contributed by atoms with Gasteiger partial charge in [-0.3, -0.25) is 9.40 Å². The van der Waals surface area contributed by atoms with Crippen molar-refractivity contribution in [3.8, 4) is 5.75 Å². The van der Waals surface area contributed by atoms with Crippen LogP contribution < -0.4 is 14.8 Å². The number of benzene rings is 2. The molecule has 0 bridgehead atoms. The second-order valence-electron chi connectivity index (χ2n) is 6.89. The number of methoxy groups -OCH3 is 1. The molecule has 0 atom stereocenters. The van der Waals surface area contributed by atoms with Crippen molar-refractivity contribution in [2.75, 3.05) is 23.7 Å². The lowest BCUT2D eigenvalue weighted by molar-refractivity contribution is 0.414. The van der Waals surface area contributed by atoms with Gasteiger partial charge in [0.2, 0.25) is 0 Å². The Morgan fingerprint density at radius 2 is 1.77 bits per heavy atom. The van der Waals surface area contributed by atoms with E-state index in [1.165, 1.54) is 17.1 Å². The van der Waals surface area contributed by atoms with Gasteiger partial charge in [0.05, 0.1) is 24.3 Å². The lowest BCUT2D eigenvalue weighted by Crippen LogP contribution is -2.17. The Morgan fingerprint density at radius 1 is 1.03 bits per heavy atom. The van der Waals surface area contributed by atoms with Crippen molar-refractivity contribution in [3.05, 3.63) is 66.5 Å². The highest BCUT2D eigenvalue weighted by molar-refractivity contribution is 7.92. The molecule has 0 saturated heterocycles. The number of anilines is 2. The maximum Gasteiger partial charge on any atom is 0.266 e. The maximum atomic E-state index is 12.8. The molecule has 4 rings (SSSR count). The molecule has 160 valence electrons. The average molecular weight is 439 g/mol. The predicted octanol–water partition coefficient (Wildman–Crippen LogP) is 2.83. The molecule has 0 amide bonds. The summed E-state index contributed by atoms with van der Waals surface area (Å²) in [5.74, 6) is 1.27. The van der Waals surface area contributed by atoms with Gasteiger partial charge in [0.1, 0.15) is 10.6 Å². The monoisotopic (exact) mass is 438 g/mol. The summed E-state index contributed by atoms with van der Waals surface area (Å²) in [4.78, 5) is 9.11. The van der Waals surface area contributed by atoms with Crippen LogP contribution in [0.15, 0.2) is 65.8 Å². The summed E-state index contributed by atoms with van der Waals surface area (Å²) in [7, 11) is -0.581. The zero-order valence-electron chi connectivity index (χ0n) is 17.1. The van der Waals surface area contributed by atoms with E-state index in [1.54, 1.807) is 20.2 Å². The topological polar surface area (TPSA) is 111 Å². The van der Waals surface area contributed by atoms with Crippen LogP contribution in [-0.2, 0) is 23.5 Å². The van der Waals surface area contributed by atoms with Gasteiger partial charge in [0.25, 0.3) is 10.0 Å². The minimum Gasteiger partial charge on any atom is -0.497 e. The Balaban J connectivity index is 1.60. The van der Waals surface area contributed by atoms with Crippen LogP contribution >= 0.6 is 0 Å². The lowest BCUT2D eigenvalue weighted by atomic mass is 10.1. The van der Waals surface area contributed by atoms with Crippen molar-refractivity contribution in [2.24, 2.45) is 7.05 Å². The Labute approximate surface area is 180 Å². The van der Waals surface area contributed by atoms with E-state index in [1.807, 2.05) is 42.5 Å². The Hall–Kier alpha value is -3.66. The van der Waals surface area contributed by atoms with Crippen LogP contribution in [0.4, 0.5) is 11.6 Å². The van der Waals surface area contributed by atoms with Gasteiger partial charge in [-0.25, -0.2) is 18.4 Å². The van der Waals surface area contributed by atoms with Crippen LogP contribution in [0.25, 0.3) is 11.0 Å². The van der Waals surface area contributed by atoms with Crippen molar-refractivity contribution in [1.29, 1.82) is 0 Å². The van der Waals surface area contributed by atoms with Gasteiger partial charge in [-0.2, -0.15) is 5.10 Å². The maximum absolute atomic E-state index is 12.8. The number of hydrogen-bond acceptors (Lipinski definition) is 7. The molecule has 2 N–H and O–H groups in total. The van der Waals surface area contributed by atoms with Gasteiger partial charge in [0.15, 0.2) is 11.6 Å². The van der Waals surface area contributed by atoms with E-state index < -0.39 is 10.0 Å². The number of nitrogens with zero attached hydrogens (tertiary/aromatic N) is 4. The Bertz CT molecular complexity index is 1320. The number of sulfonamides is 1. The predicted molar refractivity (Wildman–Crippen MR) is 119 cm³/mol. The van der Waals surface area contributed by atoms with Crippen LogP contribution in [0.1, 0.15) is 5.56 Å². The molecule has 0 spiro atoms. The SMILES string of the molecule is COc1cccc(CCNc2nc3ccccc3nc2NS(=O)(=O)c2cnn(C)c2)c1. The van der Waals surface area contributed by atoms with Gasteiger partial charge in [-0.05, 0) is 36.2 Å². The standard InChI is InChI=1S/C21H22N6O3S/c1-27-14-17(13-23-27)31(28,29)26-21-20(24-18-8-3-4-9-19(18)25-21)22-11-10-15-6-5-7-16(12-15)30-2/h3-9,12-14H,10-11H2,1-2H3,(H,22,24)(H,25,26). The molecule has 31 heavy (non-hydrogen) atoms. The molecule has 0 aliphatic carbocycles. The molecule has 4 aromatic rings. The summed E-state index contributed by atoms with van der Waals surface area (Å²) in [6, 6.07) is 15.1. The van der Waals surface area contributed by atoms with E-state index in [9.17, 15) is 8.42 Å². The number of aromatic nitrogens is 4. The van der Waals surface area contributed by atoms with E-state index in [0.29, 0.717) is 29.8 Å². The number of hydrogen-bond donors (Lipinski definition) is 2. The third-order valence-corrected chi connectivity index (χ3v) is 5.93. The van der Waals surface area contributed by atoms with Crippen LogP contribution in [-0.4, -0.2) is 41.8 Å². The molecule has 2 heterocycles. The van der Waals surface area contributed by atoms with Crippen LogP contribution in [0.5, 0.6) is 5.75 Å². The number of para-hydroxylation sites is 2. The van der Waals surface area contributed by atoms with Crippen molar-refractivity contribution in [1.82, 2.24) is 19.7 Å². The van der Waals surface area contributed by atoms with E-state index >= 15 is 0 Å². The molecule has 0 aliphatic heterocycles. The highest BCUT2D eigenvalue weighted by Crippen LogP contribution is 2.24. The minimum absolute atomic E-state index is 0.0484. The van der Waals surface area contributed by atoms with Crippen LogP contribution in [0.2, 0.25) is 0 Å². The van der Waals surface area contributed by atoms with E-state index in [0.717, 1.165) is 11.3 Å². The molecule has 0 saturated carbocycles. The fourth-order valence-corrected chi connectivity index (χ4v) is 4.06. The summed E-state index contributed by atoms with van der Waals surface area (Å²) in [5, 5.41) is 7.14. The fourth-order valence-electron chi connectivity index (χ4n) is 3.07. The molecule has 2 aromatic heterocycles. The summed E-state index contributed by atoms with van der Waals surface area (Å²) < 4.78 is 34.8. The van der Waals surface area contributed by atoms with Crippen molar-refractivity contribution < 1.29 is 13.2 Å². The number of fused-ring (bicyclic) bond motifs is 1. The second kappa shape index (κ2) is 8.60. The van der Waals surface area contributed by atoms with Crippen LogP contribution in [0, 0.1) is 0 Å². The van der Waals surface area contributed by atoms with E-state index in [2.05, 4.69) is 25.1 Å². The number of nitrogens with one attached hydrogen (secondary N) is 2. The molecule has 10 heteroatoms. The first-order valence-corrected chi connectivity index (χ1v) is 11.1. The van der Waals surface area contributed by atoms with Gasteiger partial charge < -0.3 is 10.1 Å². The van der Waals surface area contributed by atoms with Gasteiger partial charge in [-0.15, -0.1) is 0 Å². The molecule has 2 aromatic carbocycles. The van der Waals surface area contributed by atoms with E-state index in [-0.39, 0.29) is 10.7 Å². The summed E-state index contributed by atoms with van der Waals surface area (Å²) in [6.45, 7) is 0.530. The molecule has 9 nitrogen and oxygen atoms in total. The molecular weight excluding hydrogens is 416 g/mol. The smallest absolute Gasteiger partial charge is 0.266 e. The third-order valence-electron chi connectivity index (χ3n) is 4.63. The molecular formula is C21H22N6O3S. The van der Waals surface area contributed by atoms with Gasteiger partial charge in [-0.1, -0.05) is 24.3 Å². The highest BCUT2D eigenvalue weighted by Gasteiger charge is 2.20. The van der Waals surface area contributed by atoms with Crippen molar-refractivity contribution in [3.63, 3.8) is 0 Å².